The third-order valence-corrected chi connectivity index (χ3v) is 8.77. The van der Waals surface area contributed by atoms with Crippen LogP contribution >= 0.6 is 11.6 Å². The van der Waals surface area contributed by atoms with Gasteiger partial charge in [-0.05, 0) is 54.8 Å². The summed E-state index contributed by atoms with van der Waals surface area (Å²) in [7, 11) is 3.07. The summed E-state index contributed by atoms with van der Waals surface area (Å²) in [4.78, 5) is 54.8. The Bertz CT molecular complexity index is 1650. The van der Waals surface area contributed by atoms with Crippen molar-refractivity contribution in [3.63, 3.8) is 0 Å². The molecule has 1 saturated carbocycles. The number of hydrogen-bond donors (Lipinski definition) is 2. The van der Waals surface area contributed by atoms with Crippen molar-refractivity contribution >= 4 is 46.9 Å². The smallest absolute Gasteiger partial charge is 0.422 e. The maximum Gasteiger partial charge on any atom is 0.422 e. The largest absolute Gasteiger partial charge is 0.454 e. The van der Waals surface area contributed by atoms with E-state index >= 15 is 0 Å². The Kier molecular flexibility index (Phi) is 8.59. The van der Waals surface area contributed by atoms with Crippen LogP contribution in [0.5, 0.6) is 6.01 Å². The predicted octanol–water partition coefficient (Wildman–Crippen LogP) is 3.93. The maximum atomic E-state index is 13.3. The van der Waals surface area contributed by atoms with Crippen molar-refractivity contribution < 1.29 is 32.3 Å². The fourth-order valence-corrected chi connectivity index (χ4v) is 6.06. The number of rotatable bonds is 8. The van der Waals surface area contributed by atoms with Gasteiger partial charge in [-0.2, -0.15) is 28.1 Å². The number of likely N-dealkylation sites (N-methyl/N-ethyl adjacent to an activating group) is 1. The molecule has 2 atom stereocenters. The van der Waals surface area contributed by atoms with E-state index in [1.165, 1.54) is 19.0 Å². The molecule has 16 heteroatoms. The molecule has 3 amide bonds. The number of ether oxygens (including phenoxy) is 1. The zero-order chi connectivity index (χ0) is 33.5. The summed E-state index contributed by atoms with van der Waals surface area (Å²) in [6.45, 7) is 0.225. The van der Waals surface area contributed by atoms with Crippen LogP contribution in [0.25, 0.3) is 0 Å². The lowest BCUT2D eigenvalue weighted by atomic mass is 10.0. The number of carbonyl (C=O) groups excluding carboxylic acids is 3. The first-order valence-electron chi connectivity index (χ1n) is 15.0. The Balaban J connectivity index is 1.12. The Hall–Kier alpha value is -4.66. The molecule has 3 aliphatic rings. The van der Waals surface area contributed by atoms with E-state index in [-0.39, 0.29) is 29.6 Å². The first-order chi connectivity index (χ1) is 22.3. The second-order valence-corrected chi connectivity index (χ2v) is 12.7. The molecule has 1 aliphatic carbocycles. The van der Waals surface area contributed by atoms with Crippen LogP contribution in [-0.4, -0.2) is 100 Å². The van der Waals surface area contributed by atoms with Gasteiger partial charge in [-0.3, -0.25) is 14.4 Å². The quantitative estimate of drug-likeness (QED) is 0.342. The van der Waals surface area contributed by atoms with Crippen LogP contribution in [0, 0.1) is 11.8 Å². The van der Waals surface area contributed by atoms with Gasteiger partial charge < -0.3 is 30.1 Å². The molecule has 47 heavy (non-hydrogen) atoms. The number of nitrogens with one attached hydrogen (secondary N) is 2. The molecule has 2 aromatic carbocycles. The lowest BCUT2D eigenvalue weighted by molar-refractivity contribution is -0.154. The molecule has 248 valence electrons. The molecule has 0 bridgehead atoms. The van der Waals surface area contributed by atoms with Gasteiger partial charge in [0.15, 0.2) is 6.61 Å². The lowest BCUT2D eigenvalue weighted by Gasteiger charge is -2.22. The topological polar surface area (TPSA) is 133 Å². The van der Waals surface area contributed by atoms with Crippen molar-refractivity contribution in [3.05, 3.63) is 64.7 Å². The van der Waals surface area contributed by atoms with Crippen LogP contribution in [0.4, 0.5) is 30.8 Å². The molecule has 3 aromatic rings. The van der Waals surface area contributed by atoms with Gasteiger partial charge in [0.25, 0.3) is 5.91 Å². The van der Waals surface area contributed by atoms with Crippen molar-refractivity contribution in [1.82, 2.24) is 29.7 Å². The third-order valence-electron chi connectivity index (χ3n) is 8.52. The molecule has 2 N–H and O–H groups in total. The van der Waals surface area contributed by atoms with Gasteiger partial charge in [0.1, 0.15) is 0 Å². The first-order valence-corrected chi connectivity index (χ1v) is 15.3. The summed E-state index contributed by atoms with van der Waals surface area (Å²) in [5, 5.41) is 6.76. The van der Waals surface area contributed by atoms with E-state index < -0.39 is 36.1 Å². The molecule has 1 aromatic heterocycles. The summed E-state index contributed by atoms with van der Waals surface area (Å²) >= 11 is 6.03. The van der Waals surface area contributed by atoms with Gasteiger partial charge in [0, 0.05) is 68.4 Å². The highest BCUT2D eigenvalue weighted by atomic mass is 35.5. The van der Waals surface area contributed by atoms with Crippen molar-refractivity contribution in [2.75, 3.05) is 57.5 Å². The molecule has 3 fully saturated rings. The average Bonchev–Trinajstić information content (AvgIpc) is 3.52. The van der Waals surface area contributed by atoms with Crippen molar-refractivity contribution in [1.29, 1.82) is 0 Å². The fraction of sp³-hybridized carbons (Fsp3) is 0.419. The predicted molar refractivity (Wildman–Crippen MR) is 165 cm³/mol. The Labute approximate surface area is 273 Å². The minimum atomic E-state index is -4.59. The number of alkyl halides is 3. The van der Waals surface area contributed by atoms with Crippen molar-refractivity contribution in [3.8, 4) is 6.01 Å². The molecular weight excluding hydrogens is 641 g/mol. The maximum absolute atomic E-state index is 13.3. The van der Waals surface area contributed by atoms with Gasteiger partial charge in [-0.15, -0.1) is 0 Å². The monoisotopic (exact) mass is 672 g/mol. The second-order valence-electron chi connectivity index (χ2n) is 12.2. The van der Waals surface area contributed by atoms with Crippen LogP contribution in [0.2, 0.25) is 5.02 Å². The number of nitrogens with zero attached hydrogens (tertiary/aromatic N) is 6. The SMILES string of the molecule is CN(C)C(=O)C(=O)N1CC2CN(C(=O)c3ccc(Nc4nc(NC5(c6ccc(Cl)cc6)CC5)nc(OCC(F)(F)F)n4)cc3)CC2C1. The number of fused-ring (bicyclic) bond motifs is 1. The van der Waals surface area contributed by atoms with Gasteiger partial charge in [-0.1, -0.05) is 23.7 Å². The highest BCUT2D eigenvalue weighted by Gasteiger charge is 2.46. The first kappa shape index (κ1) is 32.3. The number of anilines is 3. The normalized spacial score (nSPS) is 19.6. The summed E-state index contributed by atoms with van der Waals surface area (Å²) in [5.41, 5.74) is 1.36. The van der Waals surface area contributed by atoms with Gasteiger partial charge in [-0.25, -0.2) is 0 Å². The number of carbonyl (C=O) groups is 3. The molecule has 0 radical (unpaired) electrons. The van der Waals surface area contributed by atoms with Crippen LogP contribution in [0.3, 0.4) is 0 Å². The van der Waals surface area contributed by atoms with Crippen LogP contribution in [0.1, 0.15) is 28.8 Å². The van der Waals surface area contributed by atoms with E-state index in [1.807, 2.05) is 12.1 Å². The second kappa shape index (κ2) is 12.5. The number of aromatic nitrogens is 3. The highest BCUT2D eigenvalue weighted by Crippen LogP contribution is 2.48. The van der Waals surface area contributed by atoms with Crippen LogP contribution in [0.15, 0.2) is 48.5 Å². The van der Waals surface area contributed by atoms with E-state index in [9.17, 15) is 27.6 Å². The molecule has 0 spiro atoms. The molecule has 2 aliphatic heterocycles. The van der Waals surface area contributed by atoms with E-state index in [0.717, 1.165) is 18.4 Å². The molecular formula is C31H32ClF3N8O4. The zero-order valence-electron chi connectivity index (χ0n) is 25.6. The van der Waals surface area contributed by atoms with Gasteiger partial charge in [0.05, 0.1) is 5.54 Å². The number of likely N-dealkylation sites (tertiary alicyclic amines) is 2. The third kappa shape index (κ3) is 7.34. The van der Waals surface area contributed by atoms with Crippen molar-refractivity contribution in [2.45, 2.75) is 24.6 Å². The minimum Gasteiger partial charge on any atom is -0.454 e. The summed E-state index contributed by atoms with van der Waals surface area (Å²) in [6.07, 6.45) is -3.09. The van der Waals surface area contributed by atoms with Crippen LogP contribution < -0.4 is 15.4 Å². The van der Waals surface area contributed by atoms with E-state index in [0.29, 0.717) is 42.5 Å². The number of halogens is 4. The molecule has 2 unspecified atom stereocenters. The van der Waals surface area contributed by atoms with E-state index in [4.69, 9.17) is 16.3 Å². The van der Waals surface area contributed by atoms with Gasteiger partial charge >= 0.3 is 24.0 Å². The zero-order valence-corrected chi connectivity index (χ0v) is 26.3. The van der Waals surface area contributed by atoms with Crippen molar-refractivity contribution in [2.24, 2.45) is 11.8 Å². The summed E-state index contributed by atoms with van der Waals surface area (Å²) < 4.78 is 43.6. The fourth-order valence-electron chi connectivity index (χ4n) is 5.93. The molecule has 6 rings (SSSR count). The number of hydrogen-bond acceptors (Lipinski definition) is 9. The lowest BCUT2D eigenvalue weighted by Crippen LogP contribution is -2.43. The molecule has 12 nitrogen and oxygen atoms in total. The van der Waals surface area contributed by atoms with E-state index in [1.54, 1.807) is 46.2 Å². The summed E-state index contributed by atoms with van der Waals surface area (Å²) in [5.74, 6) is -1.10. The van der Waals surface area contributed by atoms with Crippen LogP contribution in [-0.2, 0) is 15.1 Å². The van der Waals surface area contributed by atoms with E-state index in [2.05, 4.69) is 25.6 Å². The van der Waals surface area contributed by atoms with Gasteiger partial charge in [0.2, 0.25) is 11.9 Å². The summed E-state index contributed by atoms with van der Waals surface area (Å²) in [6, 6.07) is 13.3. The molecule has 2 saturated heterocycles. The number of amides is 3. The minimum absolute atomic E-state index is 0.0323. The average molecular weight is 673 g/mol. The number of benzene rings is 2. The standard InChI is InChI=1S/C31H32ClF3N8O4/c1-41(2)25(45)26(46)43-15-19-13-42(14-20(19)16-43)24(44)18-3-9-23(10-4-18)36-27-37-28(39-29(38-27)47-17-31(33,34)35)40-30(11-12-30)21-5-7-22(32)8-6-21/h3-10,19-20H,11-17H2,1-2H3,(H2,36,37,38,39,40). The Morgan fingerprint density at radius 3 is 2.09 bits per heavy atom. The molecule has 3 heterocycles. The Morgan fingerprint density at radius 2 is 1.51 bits per heavy atom. The Morgan fingerprint density at radius 1 is 0.915 bits per heavy atom. The highest BCUT2D eigenvalue weighted by molar-refractivity contribution is 6.34.